The van der Waals surface area contributed by atoms with Gasteiger partial charge in [-0.25, -0.2) is 0 Å². The van der Waals surface area contributed by atoms with Gasteiger partial charge in [-0.2, -0.15) is 4.98 Å². The van der Waals surface area contributed by atoms with Crippen LogP contribution in [0.15, 0.2) is 57.9 Å². The van der Waals surface area contributed by atoms with E-state index in [1.165, 1.54) is 11.8 Å². The molecule has 1 N–H and O–H groups in total. The van der Waals surface area contributed by atoms with E-state index in [9.17, 15) is 4.79 Å². The molecular formula is C20H19N3O4S. The lowest BCUT2D eigenvalue weighted by atomic mass is 10.2. The van der Waals surface area contributed by atoms with Gasteiger partial charge in [-0.15, -0.1) is 11.8 Å². The predicted octanol–water partition coefficient (Wildman–Crippen LogP) is 3.24. The topological polar surface area (TPSA) is 86.5 Å². The van der Waals surface area contributed by atoms with E-state index in [1.807, 2.05) is 42.5 Å². The average Bonchev–Trinajstić information content (AvgIpc) is 3.15. The van der Waals surface area contributed by atoms with E-state index in [-0.39, 0.29) is 12.0 Å². The minimum absolute atomic E-state index is 0.158. The summed E-state index contributed by atoms with van der Waals surface area (Å²) in [6, 6.07) is 15.0. The number of nitrogens with one attached hydrogen (secondary N) is 1. The molecule has 0 saturated heterocycles. The molecule has 144 valence electrons. The molecule has 0 fully saturated rings. The van der Waals surface area contributed by atoms with Crippen molar-refractivity contribution < 1.29 is 18.8 Å². The number of amides is 1. The van der Waals surface area contributed by atoms with Crippen LogP contribution in [0.5, 0.6) is 11.5 Å². The van der Waals surface area contributed by atoms with Crippen LogP contribution in [0.4, 0.5) is 0 Å². The second-order valence-electron chi connectivity index (χ2n) is 6.22. The van der Waals surface area contributed by atoms with Gasteiger partial charge in [0.2, 0.25) is 5.89 Å². The van der Waals surface area contributed by atoms with Crippen molar-refractivity contribution in [2.45, 2.75) is 23.7 Å². The summed E-state index contributed by atoms with van der Waals surface area (Å²) >= 11 is 1.49. The fraction of sp³-hybridized carbons (Fsp3) is 0.250. The molecule has 0 saturated carbocycles. The van der Waals surface area contributed by atoms with Gasteiger partial charge < -0.3 is 19.3 Å². The smallest absolute Gasteiger partial charge is 0.252 e. The number of carbonyl (C=O) groups excluding carboxylic acids is 1. The molecule has 3 aromatic rings. The third-order valence-corrected chi connectivity index (χ3v) is 5.19. The van der Waals surface area contributed by atoms with Crippen LogP contribution in [0.2, 0.25) is 0 Å². The Bertz CT molecular complexity index is 975. The van der Waals surface area contributed by atoms with Gasteiger partial charge in [0.15, 0.2) is 17.3 Å². The van der Waals surface area contributed by atoms with Gasteiger partial charge in [-0.05, 0) is 24.3 Å². The van der Waals surface area contributed by atoms with Gasteiger partial charge in [0.25, 0.3) is 5.91 Å². The maximum Gasteiger partial charge on any atom is 0.252 e. The monoisotopic (exact) mass is 397 g/mol. The molecule has 0 radical (unpaired) electrons. The van der Waals surface area contributed by atoms with Crippen LogP contribution in [0.25, 0.3) is 0 Å². The Hall–Kier alpha value is -3.00. The standard InChI is InChI=1S/C20H19N3O4S/c1-13-22-19(23-27-13)12-28-18-9-5-2-6-15(18)20(24)21-10-14-11-25-16-7-3-4-8-17(16)26-14/h2-9,14H,10-12H2,1H3,(H,21,24)/t14-/m0/s1. The van der Waals surface area contributed by atoms with Gasteiger partial charge >= 0.3 is 0 Å². The number of para-hydroxylation sites is 2. The number of benzene rings is 2. The lowest BCUT2D eigenvalue weighted by Gasteiger charge is -2.26. The summed E-state index contributed by atoms with van der Waals surface area (Å²) in [7, 11) is 0. The third kappa shape index (κ3) is 4.28. The molecular weight excluding hydrogens is 378 g/mol. The van der Waals surface area contributed by atoms with Crippen molar-refractivity contribution >= 4 is 17.7 Å². The molecule has 0 spiro atoms. The highest BCUT2D eigenvalue weighted by atomic mass is 32.2. The fourth-order valence-corrected chi connectivity index (χ4v) is 3.68. The summed E-state index contributed by atoms with van der Waals surface area (Å²) in [5.41, 5.74) is 0.602. The van der Waals surface area contributed by atoms with E-state index < -0.39 is 0 Å². The molecule has 7 nitrogen and oxygen atoms in total. The van der Waals surface area contributed by atoms with Gasteiger partial charge in [-0.1, -0.05) is 29.4 Å². The van der Waals surface area contributed by atoms with Crippen LogP contribution in [0.3, 0.4) is 0 Å². The molecule has 28 heavy (non-hydrogen) atoms. The second kappa shape index (κ2) is 8.35. The van der Waals surface area contributed by atoms with Gasteiger partial charge in [0.1, 0.15) is 12.7 Å². The first kappa shape index (κ1) is 18.4. The number of nitrogens with zero attached hydrogens (tertiary/aromatic N) is 2. The van der Waals surface area contributed by atoms with Crippen molar-refractivity contribution in [2.24, 2.45) is 0 Å². The van der Waals surface area contributed by atoms with Crippen LogP contribution in [0.1, 0.15) is 22.1 Å². The molecule has 2 aromatic carbocycles. The molecule has 0 bridgehead atoms. The summed E-state index contributed by atoms with van der Waals surface area (Å²) in [6.45, 7) is 2.50. The molecule has 1 amide bonds. The maximum absolute atomic E-state index is 12.7. The molecule has 0 unspecified atom stereocenters. The van der Waals surface area contributed by atoms with E-state index >= 15 is 0 Å². The number of aromatic nitrogens is 2. The van der Waals surface area contributed by atoms with E-state index in [0.717, 1.165) is 10.6 Å². The van der Waals surface area contributed by atoms with Crippen molar-refractivity contribution in [3.05, 3.63) is 65.8 Å². The average molecular weight is 397 g/mol. The molecule has 8 heteroatoms. The number of carbonyl (C=O) groups is 1. The SMILES string of the molecule is Cc1nc(CSc2ccccc2C(=O)NC[C@H]2COc3ccccc3O2)no1. The highest BCUT2D eigenvalue weighted by molar-refractivity contribution is 7.98. The van der Waals surface area contributed by atoms with Crippen LogP contribution in [0, 0.1) is 6.92 Å². The minimum Gasteiger partial charge on any atom is -0.486 e. The minimum atomic E-state index is -0.235. The van der Waals surface area contributed by atoms with Gasteiger partial charge in [-0.3, -0.25) is 4.79 Å². The first-order valence-corrected chi connectivity index (χ1v) is 9.85. The molecule has 2 heterocycles. The molecule has 1 aromatic heterocycles. The maximum atomic E-state index is 12.7. The Morgan fingerprint density at radius 2 is 1.96 bits per heavy atom. The van der Waals surface area contributed by atoms with Gasteiger partial charge in [0, 0.05) is 11.8 Å². The zero-order valence-corrected chi connectivity index (χ0v) is 16.1. The van der Waals surface area contributed by atoms with E-state index in [0.29, 0.717) is 41.9 Å². The zero-order chi connectivity index (χ0) is 19.3. The Morgan fingerprint density at radius 3 is 2.79 bits per heavy atom. The van der Waals surface area contributed by atoms with Crippen molar-refractivity contribution in [1.82, 2.24) is 15.5 Å². The number of thioether (sulfide) groups is 1. The summed E-state index contributed by atoms with van der Waals surface area (Å²) in [6.07, 6.45) is -0.235. The molecule has 1 aliphatic rings. The number of rotatable bonds is 6. The first-order chi connectivity index (χ1) is 13.7. The molecule has 4 rings (SSSR count). The predicted molar refractivity (Wildman–Crippen MR) is 104 cm³/mol. The van der Waals surface area contributed by atoms with Gasteiger partial charge in [0.05, 0.1) is 17.9 Å². The summed E-state index contributed by atoms with van der Waals surface area (Å²) in [5.74, 6) is 2.91. The number of ether oxygens (including phenoxy) is 2. The third-order valence-electron chi connectivity index (χ3n) is 4.12. The Kier molecular flexibility index (Phi) is 5.48. The quantitative estimate of drug-likeness (QED) is 0.639. The van der Waals surface area contributed by atoms with Crippen LogP contribution in [-0.4, -0.2) is 35.3 Å². The second-order valence-corrected chi connectivity index (χ2v) is 7.24. The first-order valence-electron chi connectivity index (χ1n) is 8.87. The van der Waals surface area contributed by atoms with Crippen LogP contribution in [-0.2, 0) is 5.75 Å². The van der Waals surface area contributed by atoms with Crippen molar-refractivity contribution in [3.8, 4) is 11.5 Å². The lowest BCUT2D eigenvalue weighted by Crippen LogP contribution is -2.40. The fourth-order valence-electron chi connectivity index (χ4n) is 2.79. The van der Waals surface area contributed by atoms with Crippen molar-refractivity contribution in [3.63, 3.8) is 0 Å². The summed E-state index contributed by atoms with van der Waals surface area (Å²) < 4.78 is 16.6. The normalized spacial score (nSPS) is 15.2. The highest BCUT2D eigenvalue weighted by Gasteiger charge is 2.22. The molecule has 1 atom stereocenters. The van der Waals surface area contributed by atoms with Crippen molar-refractivity contribution in [1.29, 1.82) is 0 Å². The number of fused-ring (bicyclic) bond motifs is 1. The Balaban J connectivity index is 1.36. The van der Waals surface area contributed by atoms with E-state index in [2.05, 4.69) is 15.5 Å². The number of aryl methyl sites for hydroxylation is 1. The van der Waals surface area contributed by atoms with E-state index in [1.54, 1.807) is 13.0 Å². The summed E-state index contributed by atoms with van der Waals surface area (Å²) in [5, 5.41) is 6.82. The highest BCUT2D eigenvalue weighted by Crippen LogP contribution is 2.31. The molecule has 1 aliphatic heterocycles. The lowest BCUT2D eigenvalue weighted by molar-refractivity contribution is 0.0787. The van der Waals surface area contributed by atoms with Crippen molar-refractivity contribution in [2.75, 3.05) is 13.2 Å². The number of hydrogen-bond donors (Lipinski definition) is 1. The Labute approximate surface area is 166 Å². The molecule has 0 aliphatic carbocycles. The van der Waals surface area contributed by atoms with Crippen LogP contribution >= 0.6 is 11.8 Å². The van der Waals surface area contributed by atoms with Crippen LogP contribution < -0.4 is 14.8 Å². The Morgan fingerprint density at radius 1 is 1.18 bits per heavy atom. The van der Waals surface area contributed by atoms with E-state index in [4.69, 9.17) is 14.0 Å². The largest absolute Gasteiger partial charge is 0.486 e. The summed E-state index contributed by atoms with van der Waals surface area (Å²) in [4.78, 5) is 17.7. The zero-order valence-electron chi connectivity index (χ0n) is 15.3. The number of hydrogen-bond acceptors (Lipinski definition) is 7.